The van der Waals surface area contributed by atoms with Gasteiger partial charge in [0.2, 0.25) is 5.91 Å². The van der Waals surface area contributed by atoms with Gasteiger partial charge in [0, 0.05) is 31.7 Å². The van der Waals surface area contributed by atoms with Gasteiger partial charge in [0.1, 0.15) is 0 Å². The van der Waals surface area contributed by atoms with Gasteiger partial charge in [-0.25, -0.2) is 9.31 Å². The van der Waals surface area contributed by atoms with Gasteiger partial charge in [0.25, 0.3) is 0 Å². The number of rotatable bonds is 5. The number of nitrogens with one attached hydrogen (secondary N) is 1. The van der Waals surface area contributed by atoms with E-state index in [-0.39, 0.29) is 11.9 Å². The number of anilines is 1. The van der Waals surface area contributed by atoms with E-state index >= 15 is 0 Å². The normalized spacial score (nSPS) is 29.5. The van der Waals surface area contributed by atoms with E-state index in [1.807, 2.05) is 10.7 Å². The summed E-state index contributed by atoms with van der Waals surface area (Å²) >= 11 is 0. The molecule has 33 heavy (non-hydrogen) atoms. The van der Waals surface area contributed by atoms with Crippen molar-refractivity contribution in [2.45, 2.75) is 71.3 Å². The Morgan fingerprint density at radius 2 is 1.88 bits per heavy atom. The second-order valence-corrected chi connectivity index (χ2v) is 10.7. The highest BCUT2D eigenvalue weighted by Crippen LogP contribution is 2.33. The highest BCUT2D eigenvalue weighted by molar-refractivity contribution is 6.07. The van der Waals surface area contributed by atoms with E-state index in [4.69, 9.17) is 0 Å². The van der Waals surface area contributed by atoms with E-state index in [0.717, 1.165) is 29.5 Å². The van der Waals surface area contributed by atoms with Gasteiger partial charge in [-0.1, -0.05) is 19.8 Å². The van der Waals surface area contributed by atoms with E-state index < -0.39 is 0 Å². The summed E-state index contributed by atoms with van der Waals surface area (Å²) in [5, 5.41) is 6.83. The average Bonchev–Trinajstić information content (AvgIpc) is 3.20. The predicted octanol–water partition coefficient (Wildman–Crippen LogP) is 4.25. The largest absolute Gasteiger partial charge is 0.328 e. The van der Waals surface area contributed by atoms with Crippen LogP contribution in [0.15, 0.2) is 24.5 Å². The Bertz CT molecular complexity index is 1010. The third-order valence-electron chi connectivity index (χ3n) is 8.19. The summed E-state index contributed by atoms with van der Waals surface area (Å²) in [5.41, 5.74) is 2.99. The molecule has 3 fully saturated rings. The molecule has 1 N–H and O–H groups in total. The number of piperidine rings is 1. The summed E-state index contributed by atoms with van der Waals surface area (Å²) in [7, 11) is 0. The maximum atomic E-state index is 12.3. The molecule has 178 valence electrons. The van der Waals surface area contributed by atoms with Crippen molar-refractivity contribution in [2.24, 2.45) is 17.8 Å². The van der Waals surface area contributed by atoms with Crippen molar-refractivity contribution in [3.63, 3.8) is 0 Å². The molecular weight excluding hydrogens is 414 g/mol. The number of aromatic nitrogens is 2. The smallest absolute Gasteiger partial charge is 0.300 e. The molecule has 7 nitrogen and oxygen atoms in total. The first-order valence-electron chi connectivity index (χ1n) is 12.8. The third kappa shape index (κ3) is 4.93. The molecule has 3 amide bonds. The van der Waals surface area contributed by atoms with Crippen LogP contribution in [0.4, 0.5) is 10.5 Å². The van der Waals surface area contributed by atoms with E-state index in [9.17, 15) is 9.59 Å². The lowest BCUT2D eigenvalue weighted by Crippen LogP contribution is -2.49. The lowest BCUT2D eigenvalue weighted by molar-refractivity contribution is -0.120. The molecule has 1 saturated carbocycles. The van der Waals surface area contributed by atoms with Gasteiger partial charge in [-0.2, -0.15) is 5.10 Å². The zero-order chi connectivity index (χ0) is 22.9. The fourth-order valence-electron chi connectivity index (χ4n) is 6.09. The number of nitrogens with zero attached hydrogens (tertiary/aromatic N) is 4. The summed E-state index contributed by atoms with van der Waals surface area (Å²) in [6, 6.07) is 4.61. The van der Waals surface area contributed by atoms with Crippen molar-refractivity contribution in [1.82, 2.24) is 19.8 Å². The van der Waals surface area contributed by atoms with Crippen molar-refractivity contribution >= 4 is 23.1 Å². The van der Waals surface area contributed by atoms with Crippen LogP contribution in [0.2, 0.25) is 0 Å². The molecule has 2 atom stereocenters. The average molecular weight is 452 g/mol. The topological polar surface area (TPSA) is 70.0 Å². The number of carbonyl (C=O) groups is 2. The first kappa shape index (κ1) is 22.4. The fourth-order valence-corrected chi connectivity index (χ4v) is 6.09. The molecule has 0 unspecified atom stereocenters. The summed E-state index contributed by atoms with van der Waals surface area (Å²) in [6.07, 6.45) is 13.2. The zero-order valence-corrected chi connectivity index (χ0v) is 20.0. The molecule has 2 aromatic rings. The molecule has 0 bridgehead atoms. The maximum Gasteiger partial charge on any atom is 0.328 e. The summed E-state index contributed by atoms with van der Waals surface area (Å²) in [4.78, 5) is 28.2. The molecule has 0 spiro atoms. The van der Waals surface area contributed by atoms with Gasteiger partial charge >= 0.3 is 6.03 Å². The Hall–Kier alpha value is -2.41. The molecule has 2 aromatic heterocycles. The van der Waals surface area contributed by atoms with Crippen LogP contribution in [0.25, 0.3) is 5.52 Å². The van der Waals surface area contributed by atoms with Gasteiger partial charge in [-0.05, 0) is 81.0 Å². The van der Waals surface area contributed by atoms with Gasteiger partial charge in [0.05, 0.1) is 17.4 Å². The van der Waals surface area contributed by atoms with Gasteiger partial charge < -0.3 is 4.90 Å². The number of hydrogen-bond donors (Lipinski definition) is 1. The van der Waals surface area contributed by atoms with Crippen LogP contribution in [0.5, 0.6) is 0 Å². The molecule has 2 saturated heterocycles. The Balaban J connectivity index is 1.22. The Kier molecular flexibility index (Phi) is 6.41. The molecule has 3 aliphatic rings. The number of urea groups is 1. The fraction of sp³-hybridized carbons (Fsp3) is 0.654. The minimum atomic E-state index is -0.361. The van der Waals surface area contributed by atoms with E-state index in [1.54, 1.807) is 11.1 Å². The number of amides is 3. The third-order valence-corrected chi connectivity index (χ3v) is 8.19. The molecule has 0 aromatic carbocycles. The number of likely N-dealkylation sites (tertiary alicyclic amines) is 1. The quantitative estimate of drug-likeness (QED) is 0.738. The standard InChI is InChI=1S/C26H37N5O2/c1-18-3-5-20(6-4-18)17-29-10-7-21(13-19(29)2)14-22-8-12-31-23(15-22)24(16-27-31)30-11-9-25(32)28-26(30)33/h8,12,15-16,18-21H,3-7,9-11,13-14,17H2,1-2H3,(H,28,32,33)/t18?,19-,20?,21+/m0/s1. The monoisotopic (exact) mass is 451 g/mol. The highest BCUT2D eigenvalue weighted by Gasteiger charge is 2.29. The van der Waals surface area contributed by atoms with Crippen molar-refractivity contribution in [1.29, 1.82) is 0 Å². The van der Waals surface area contributed by atoms with Crippen molar-refractivity contribution in [2.75, 3.05) is 24.5 Å². The second kappa shape index (κ2) is 9.45. The Labute approximate surface area is 196 Å². The van der Waals surface area contributed by atoms with Crippen LogP contribution < -0.4 is 10.2 Å². The molecule has 5 rings (SSSR count). The first-order chi connectivity index (χ1) is 16.0. The molecule has 2 aliphatic heterocycles. The lowest BCUT2D eigenvalue weighted by atomic mass is 9.81. The van der Waals surface area contributed by atoms with Crippen LogP contribution in [0, 0.1) is 17.8 Å². The summed E-state index contributed by atoms with van der Waals surface area (Å²) in [5.74, 6) is 2.29. The van der Waals surface area contributed by atoms with E-state index in [1.165, 1.54) is 57.2 Å². The molecule has 1 aliphatic carbocycles. The SMILES string of the molecule is CC1CCC(CN2CC[C@@H](Cc3ccn4ncc(N5CCC(=O)NC5=O)c4c3)C[C@@H]2C)CC1. The van der Waals surface area contributed by atoms with Crippen LogP contribution in [0.1, 0.15) is 64.4 Å². The Morgan fingerprint density at radius 3 is 2.64 bits per heavy atom. The first-order valence-corrected chi connectivity index (χ1v) is 12.8. The van der Waals surface area contributed by atoms with E-state index in [0.29, 0.717) is 24.9 Å². The van der Waals surface area contributed by atoms with Crippen molar-refractivity contribution in [3.8, 4) is 0 Å². The van der Waals surface area contributed by atoms with Crippen molar-refractivity contribution < 1.29 is 9.59 Å². The number of carbonyl (C=O) groups excluding carboxylic acids is 2. The maximum absolute atomic E-state index is 12.3. The van der Waals surface area contributed by atoms with E-state index in [2.05, 4.69) is 41.3 Å². The van der Waals surface area contributed by atoms with Gasteiger partial charge in [-0.3, -0.25) is 15.0 Å². The van der Waals surface area contributed by atoms with Crippen LogP contribution in [0.3, 0.4) is 0 Å². The molecular formula is C26H37N5O2. The minimum Gasteiger partial charge on any atom is -0.300 e. The number of imide groups is 1. The van der Waals surface area contributed by atoms with Crippen LogP contribution in [-0.4, -0.2) is 52.1 Å². The second-order valence-electron chi connectivity index (χ2n) is 10.7. The number of pyridine rings is 1. The minimum absolute atomic E-state index is 0.216. The van der Waals surface area contributed by atoms with Crippen LogP contribution >= 0.6 is 0 Å². The molecule has 0 radical (unpaired) electrons. The number of fused-ring (bicyclic) bond motifs is 1. The van der Waals surface area contributed by atoms with Gasteiger partial charge in [0.15, 0.2) is 0 Å². The predicted molar refractivity (Wildman–Crippen MR) is 129 cm³/mol. The number of hydrogen-bond acceptors (Lipinski definition) is 4. The Morgan fingerprint density at radius 1 is 1.06 bits per heavy atom. The van der Waals surface area contributed by atoms with Gasteiger partial charge in [-0.15, -0.1) is 0 Å². The molecule has 4 heterocycles. The highest BCUT2D eigenvalue weighted by atomic mass is 16.2. The lowest BCUT2D eigenvalue weighted by Gasteiger charge is -2.40. The summed E-state index contributed by atoms with van der Waals surface area (Å²) in [6.45, 7) is 7.70. The zero-order valence-electron chi connectivity index (χ0n) is 20.0. The summed E-state index contributed by atoms with van der Waals surface area (Å²) < 4.78 is 1.82. The molecule has 7 heteroatoms. The van der Waals surface area contributed by atoms with Crippen LogP contribution in [-0.2, 0) is 11.2 Å². The van der Waals surface area contributed by atoms with Crippen molar-refractivity contribution in [3.05, 3.63) is 30.1 Å².